The Labute approximate surface area is 163 Å². The Bertz CT molecular complexity index is 1120. The first-order valence-corrected chi connectivity index (χ1v) is 10.6. The van der Waals surface area contributed by atoms with Crippen molar-refractivity contribution in [2.45, 2.75) is 37.8 Å². The number of hydrogen-bond acceptors (Lipinski definition) is 6. The average Bonchev–Trinajstić information content (AvgIpc) is 3.10. The third kappa shape index (κ3) is 3.50. The number of fused-ring (bicyclic) bond motifs is 3. The summed E-state index contributed by atoms with van der Waals surface area (Å²) in [5.41, 5.74) is 2.61. The van der Waals surface area contributed by atoms with Gasteiger partial charge in [0.25, 0.3) is 10.2 Å². The maximum absolute atomic E-state index is 11.3. The van der Waals surface area contributed by atoms with E-state index in [1.807, 2.05) is 18.5 Å². The van der Waals surface area contributed by atoms with Crippen molar-refractivity contribution in [1.29, 1.82) is 0 Å². The van der Waals surface area contributed by atoms with Crippen LogP contribution in [0.3, 0.4) is 0 Å². The number of aromatic nitrogens is 3. The van der Waals surface area contributed by atoms with Crippen molar-refractivity contribution >= 4 is 32.1 Å². The lowest BCUT2D eigenvalue weighted by molar-refractivity contribution is 0.316. The number of ether oxygens (including phenoxy) is 2. The van der Waals surface area contributed by atoms with Gasteiger partial charge in [0.15, 0.2) is 11.5 Å². The maximum Gasteiger partial charge on any atom is 0.274 e. The Morgan fingerprint density at radius 2 is 1.75 bits per heavy atom. The number of nitrogens with one attached hydrogen (secondary N) is 1. The Morgan fingerprint density at radius 1 is 1.07 bits per heavy atom. The first-order chi connectivity index (χ1) is 13.4. The number of benzene rings is 1. The number of pyridine rings is 1. The summed E-state index contributed by atoms with van der Waals surface area (Å²) in [5, 5.41) is 6.04. The van der Waals surface area contributed by atoms with Crippen LogP contribution in [0.25, 0.3) is 21.9 Å². The van der Waals surface area contributed by atoms with Gasteiger partial charge in [-0.3, -0.25) is 4.98 Å². The first kappa shape index (κ1) is 18.9. The van der Waals surface area contributed by atoms with E-state index >= 15 is 0 Å². The van der Waals surface area contributed by atoms with E-state index in [1.54, 1.807) is 20.4 Å². The van der Waals surface area contributed by atoms with Crippen LogP contribution >= 0.6 is 0 Å². The van der Waals surface area contributed by atoms with Gasteiger partial charge in [0.1, 0.15) is 5.52 Å². The number of imidazole rings is 1. The second-order valence-corrected chi connectivity index (χ2v) is 8.36. The number of nitrogens with zero attached hydrogens (tertiary/aromatic N) is 3. The quantitative estimate of drug-likeness (QED) is 0.668. The Hall–Kier alpha value is -2.43. The highest BCUT2D eigenvalue weighted by atomic mass is 32.2. The molecule has 0 spiro atoms. The average molecular weight is 405 g/mol. The zero-order valence-electron chi connectivity index (χ0n) is 15.8. The molecule has 2 aromatic heterocycles. The molecular formula is C18H23N5O4S. The van der Waals surface area contributed by atoms with E-state index in [4.69, 9.17) is 14.6 Å². The molecule has 10 heteroatoms. The molecule has 9 nitrogen and oxygen atoms in total. The van der Waals surface area contributed by atoms with Gasteiger partial charge in [0.2, 0.25) is 0 Å². The predicted octanol–water partition coefficient (Wildman–Crippen LogP) is 1.88. The molecule has 0 amide bonds. The van der Waals surface area contributed by atoms with Crippen molar-refractivity contribution in [1.82, 2.24) is 19.3 Å². The number of methoxy groups -OCH3 is 2. The van der Waals surface area contributed by atoms with E-state index in [-0.39, 0.29) is 12.1 Å². The molecule has 2 heterocycles. The van der Waals surface area contributed by atoms with Crippen LogP contribution in [0.15, 0.2) is 24.7 Å². The van der Waals surface area contributed by atoms with E-state index in [2.05, 4.69) is 19.3 Å². The van der Waals surface area contributed by atoms with Crippen molar-refractivity contribution in [2.24, 2.45) is 5.14 Å². The van der Waals surface area contributed by atoms with Crippen LogP contribution in [-0.4, -0.2) is 43.2 Å². The molecule has 0 radical (unpaired) electrons. The molecule has 28 heavy (non-hydrogen) atoms. The van der Waals surface area contributed by atoms with Crippen molar-refractivity contribution in [3.05, 3.63) is 24.7 Å². The highest BCUT2D eigenvalue weighted by molar-refractivity contribution is 7.87. The van der Waals surface area contributed by atoms with Gasteiger partial charge >= 0.3 is 0 Å². The lowest BCUT2D eigenvalue weighted by Crippen LogP contribution is -2.41. The summed E-state index contributed by atoms with van der Waals surface area (Å²) in [7, 11) is -0.473. The molecule has 0 saturated heterocycles. The fraction of sp³-hybridized carbons (Fsp3) is 0.444. The van der Waals surface area contributed by atoms with Crippen LogP contribution in [0, 0.1) is 0 Å². The van der Waals surface area contributed by atoms with Gasteiger partial charge in [-0.15, -0.1) is 0 Å². The van der Waals surface area contributed by atoms with Crippen LogP contribution in [-0.2, 0) is 10.2 Å². The summed E-state index contributed by atoms with van der Waals surface area (Å²) in [5.74, 6) is 1.26. The molecule has 3 N–H and O–H groups in total. The molecule has 1 aliphatic carbocycles. The number of rotatable bonds is 5. The summed E-state index contributed by atoms with van der Waals surface area (Å²) in [6.07, 6.45) is 6.70. The van der Waals surface area contributed by atoms with Gasteiger partial charge in [0.05, 0.1) is 37.8 Å². The van der Waals surface area contributed by atoms with Crippen LogP contribution < -0.4 is 19.3 Å². The van der Waals surface area contributed by atoms with Gasteiger partial charge in [-0.05, 0) is 31.7 Å². The van der Waals surface area contributed by atoms with E-state index in [9.17, 15) is 8.42 Å². The minimum Gasteiger partial charge on any atom is -0.493 e. The molecule has 1 aliphatic rings. The fourth-order valence-electron chi connectivity index (χ4n) is 4.02. The highest BCUT2D eigenvalue weighted by Gasteiger charge is 2.26. The van der Waals surface area contributed by atoms with Gasteiger partial charge in [0, 0.05) is 23.5 Å². The van der Waals surface area contributed by atoms with E-state index in [1.165, 1.54) is 0 Å². The normalized spacial score (nSPS) is 20.5. The van der Waals surface area contributed by atoms with Gasteiger partial charge in [-0.25, -0.2) is 10.1 Å². The molecule has 150 valence electrons. The zero-order valence-corrected chi connectivity index (χ0v) is 16.6. The molecule has 1 fully saturated rings. The Morgan fingerprint density at radius 3 is 2.39 bits per heavy atom. The van der Waals surface area contributed by atoms with Crippen LogP contribution in [0.4, 0.5) is 0 Å². The maximum atomic E-state index is 11.3. The second-order valence-electron chi connectivity index (χ2n) is 7.04. The third-order valence-corrected chi connectivity index (χ3v) is 5.99. The van der Waals surface area contributed by atoms with Crippen molar-refractivity contribution in [3.63, 3.8) is 0 Å². The number of hydrogen-bond donors (Lipinski definition) is 2. The monoisotopic (exact) mass is 405 g/mol. The smallest absolute Gasteiger partial charge is 0.274 e. The third-order valence-electron chi connectivity index (χ3n) is 5.33. The molecule has 0 bridgehead atoms. The molecule has 1 aromatic carbocycles. The minimum absolute atomic E-state index is 0.121. The lowest BCUT2D eigenvalue weighted by atomic mass is 9.91. The van der Waals surface area contributed by atoms with Gasteiger partial charge in [-0.2, -0.15) is 13.1 Å². The largest absolute Gasteiger partial charge is 0.493 e. The molecule has 0 aliphatic heterocycles. The number of nitrogens with two attached hydrogens (primary N) is 1. The van der Waals surface area contributed by atoms with Crippen molar-refractivity contribution in [3.8, 4) is 11.5 Å². The summed E-state index contributed by atoms with van der Waals surface area (Å²) >= 11 is 0. The van der Waals surface area contributed by atoms with Crippen LogP contribution in [0.1, 0.15) is 31.7 Å². The predicted molar refractivity (Wildman–Crippen MR) is 106 cm³/mol. The van der Waals surface area contributed by atoms with E-state index in [0.29, 0.717) is 11.5 Å². The molecule has 0 unspecified atom stereocenters. The topological polar surface area (TPSA) is 121 Å². The second kappa shape index (κ2) is 7.19. The minimum atomic E-state index is -3.68. The molecule has 4 rings (SSSR count). The molecule has 1 saturated carbocycles. The van der Waals surface area contributed by atoms with Crippen LogP contribution in [0.2, 0.25) is 0 Å². The molecular weight excluding hydrogens is 382 g/mol. The molecule has 0 atom stereocenters. The van der Waals surface area contributed by atoms with E-state index in [0.717, 1.165) is 47.6 Å². The van der Waals surface area contributed by atoms with Crippen molar-refractivity contribution < 1.29 is 17.9 Å². The molecule has 3 aromatic rings. The zero-order chi connectivity index (χ0) is 19.9. The summed E-state index contributed by atoms with van der Waals surface area (Å²) in [4.78, 5) is 9.02. The van der Waals surface area contributed by atoms with E-state index < -0.39 is 10.2 Å². The Balaban J connectivity index is 1.71. The lowest BCUT2D eigenvalue weighted by Gasteiger charge is -2.29. The highest BCUT2D eigenvalue weighted by Crippen LogP contribution is 2.37. The standard InChI is InChI=1S/C18H23N5O4S/c1-26-16-7-13-14(8-17(16)27-2)20-9-15-18(13)23(10-21-15)12-5-3-11(4-6-12)22-28(19,24)25/h7-12,22H,3-6H2,1-2H3,(H2,19,24,25). The summed E-state index contributed by atoms with van der Waals surface area (Å²) in [6.45, 7) is 0. The SMILES string of the molecule is COc1cc2ncc3ncn(C4CCC(NS(N)(=O)=O)CC4)c3c2cc1OC. The Kier molecular flexibility index (Phi) is 4.86. The van der Waals surface area contributed by atoms with Crippen LogP contribution in [0.5, 0.6) is 11.5 Å². The van der Waals surface area contributed by atoms with Gasteiger partial charge < -0.3 is 14.0 Å². The fourth-order valence-corrected chi connectivity index (χ4v) is 4.72. The van der Waals surface area contributed by atoms with Crippen molar-refractivity contribution in [2.75, 3.05) is 14.2 Å². The summed E-state index contributed by atoms with van der Waals surface area (Å²) < 4.78 is 38.0. The first-order valence-electron chi connectivity index (χ1n) is 9.07. The summed E-state index contributed by atoms with van der Waals surface area (Å²) in [6, 6.07) is 3.89. The van der Waals surface area contributed by atoms with Gasteiger partial charge in [-0.1, -0.05) is 0 Å².